The summed E-state index contributed by atoms with van der Waals surface area (Å²) < 4.78 is 0. The van der Waals surface area contributed by atoms with E-state index in [4.69, 9.17) is 11.6 Å². The first-order valence-electron chi connectivity index (χ1n) is 6.21. The number of hydrogen-bond donors (Lipinski definition) is 0. The number of hydrogen-bond acceptors (Lipinski definition) is 1. The fourth-order valence-electron chi connectivity index (χ4n) is 2.39. The predicted molar refractivity (Wildman–Crippen MR) is 70.2 cm³/mol. The molecule has 0 aliphatic carbocycles. The normalized spacial score (nSPS) is 19.6. The van der Waals surface area contributed by atoms with E-state index < -0.39 is 0 Å². The number of rotatable bonds is 3. The summed E-state index contributed by atoms with van der Waals surface area (Å²) in [5.41, 5.74) is 1.06. The van der Waals surface area contributed by atoms with Crippen molar-refractivity contribution in [1.82, 2.24) is 4.90 Å². The third-order valence-electron chi connectivity index (χ3n) is 3.44. The lowest BCUT2D eigenvalue weighted by Crippen LogP contribution is -2.33. The largest absolute Gasteiger partial charge is 0.340 e. The second-order valence-electron chi connectivity index (χ2n) is 4.67. The Bertz CT molecular complexity index is 405. The van der Waals surface area contributed by atoms with Gasteiger partial charge in [-0.25, -0.2) is 0 Å². The summed E-state index contributed by atoms with van der Waals surface area (Å²) in [4.78, 5) is 14.0. The van der Waals surface area contributed by atoms with Crippen LogP contribution < -0.4 is 0 Å². The van der Waals surface area contributed by atoms with E-state index in [0.29, 0.717) is 12.5 Å². The van der Waals surface area contributed by atoms with Gasteiger partial charge in [0, 0.05) is 24.0 Å². The molecule has 0 N–H and O–H groups in total. The summed E-state index contributed by atoms with van der Waals surface area (Å²) in [6, 6.07) is 8.15. The molecule has 0 radical (unpaired) electrons. The van der Waals surface area contributed by atoms with Crippen LogP contribution in [0.3, 0.4) is 0 Å². The van der Waals surface area contributed by atoms with Crippen molar-refractivity contribution in [2.75, 3.05) is 6.54 Å². The van der Waals surface area contributed by atoms with Gasteiger partial charge in [-0.15, -0.1) is 0 Å². The summed E-state index contributed by atoms with van der Waals surface area (Å²) in [6.45, 7) is 3.04. The number of benzene rings is 1. The van der Waals surface area contributed by atoms with Gasteiger partial charge in [0.05, 0.1) is 0 Å². The van der Waals surface area contributed by atoms with Gasteiger partial charge < -0.3 is 4.90 Å². The minimum atomic E-state index is 0.259. The van der Waals surface area contributed by atoms with E-state index in [9.17, 15) is 4.79 Å². The second-order valence-corrected chi connectivity index (χ2v) is 5.08. The van der Waals surface area contributed by atoms with Crippen LogP contribution in [0.4, 0.5) is 0 Å². The zero-order valence-electron chi connectivity index (χ0n) is 10.2. The minimum Gasteiger partial charge on any atom is -0.340 e. The molecule has 92 valence electrons. The third kappa shape index (κ3) is 3.01. The Balaban J connectivity index is 1.90. The zero-order chi connectivity index (χ0) is 12.3. The Hall–Kier alpha value is -1.02. The molecular formula is C14H18ClNO. The molecule has 1 aromatic carbocycles. The van der Waals surface area contributed by atoms with Crippen LogP contribution >= 0.6 is 11.6 Å². The summed E-state index contributed by atoms with van der Waals surface area (Å²) in [7, 11) is 0. The van der Waals surface area contributed by atoms with E-state index in [1.807, 2.05) is 29.2 Å². The molecular weight excluding hydrogens is 234 g/mol. The Morgan fingerprint density at radius 1 is 1.47 bits per heavy atom. The first-order chi connectivity index (χ1) is 8.18. The number of likely N-dealkylation sites (tertiary alicyclic amines) is 1. The number of halogens is 1. The lowest BCUT2D eigenvalue weighted by molar-refractivity contribution is -0.131. The molecule has 17 heavy (non-hydrogen) atoms. The molecule has 0 bridgehead atoms. The molecule has 1 heterocycles. The van der Waals surface area contributed by atoms with Gasteiger partial charge in [-0.3, -0.25) is 4.79 Å². The first-order valence-corrected chi connectivity index (χ1v) is 6.59. The van der Waals surface area contributed by atoms with Gasteiger partial charge in [0.1, 0.15) is 0 Å². The molecule has 0 aromatic heterocycles. The maximum absolute atomic E-state index is 12.0. The average molecular weight is 252 g/mol. The Kier molecular flexibility index (Phi) is 4.06. The summed E-state index contributed by atoms with van der Waals surface area (Å²) >= 11 is 6.07. The summed E-state index contributed by atoms with van der Waals surface area (Å²) in [5, 5.41) is 0.759. The van der Waals surface area contributed by atoms with Crippen molar-refractivity contribution >= 4 is 17.5 Å². The molecule has 0 spiro atoms. The van der Waals surface area contributed by atoms with Crippen molar-refractivity contribution in [3.05, 3.63) is 34.9 Å². The molecule has 1 aromatic rings. The SMILES string of the molecule is C[C@H]1CCCN1C(=O)CCc1ccccc1Cl. The maximum Gasteiger partial charge on any atom is 0.223 e. The van der Waals surface area contributed by atoms with E-state index in [1.165, 1.54) is 0 Å². The quantitative estimate of drug-likeness (QED) is 0.807. The number of aryl methyl sites for hydroxylation is 1. The number of nitrogens with zero attached hydrogens (tertiary/aromatic N) is 1. The van der Waals surface area contributed by atoms with Crippen LogP contribution in [0.15, 0.2) is 24.3 Å². The third-order valence-corrected chi connectivity index (χ3v) is 3.81. The van der Waals surface area contributed by atoms with Crippen LogP contribution in [-0.4, -0.2) is 23.4 Å². The van der Waals surface area contributed by atoms with E-state index in [-0.39, 0.29) is 5.91 Å². The summed E-state index contributed by atoms with van der Waals surface area (Å²) in [5.74, 6) is 0.259. The second kappa shape index (κ2) is 5.54. The zero-order valence-corrected chi connectivity index (χ0v) is 10.9. The van der Waals surface area contributed by atoms with E-state index >= 15 is 0 Å². The molecule has 1 fully saturated rings. The molecule has 1 aliphatic heterocycles. The van der Waals surface area contributed by atoms with Crippen LogP contribution in [0.25, 0.3) is 0 Å². The Morgan fingerprint density at radius 3 is 2.88 bits per heavy atom. The molecule has 1 atom stereocenters. The highest BCUT2D eigenvalue weighted by Gasteiger charge is 2.24. The van der Waals surface area contributed by atoms with Crippen molar-refractivity contribution < 1.29 is 4.79 Å². The molecule has 1 aliphatic rings. The average Bonchev–Trinajstić information content (AvgIpc) is 2.74. The number of carbonyl (C=O) groups is 1. The van der Waals surface area contributed by atoms with Gasteiger partial charge in [0.15, 0.2) is 0 Å². The molecule has 2 nitrogen and oxygen atoms in total. The van der Waals surface area contributed by atoms with Crippen LogP contribution in [0.2, 0.25) is 5.02 Å². The van der Waals surface area contributed by atoms with Gasteiger partial charge in [-0.1, -0.05) is 29.8 Å². The van der Waals surface area contributed by atoms with Gasteiger partial charge in [-0.05, 0) is 37.8 Å². The van der Waals surface area contributed by atoms with Crippen molar-refractivity contribution in [1.29, 1.82) is 0 Å². The molecule has 1 saturated heterocycles. The van der Waals surface area contributed by atoms with Crippen molar-refractivity contribution in [3.8, 4) is 0 Å². The van der Waals surface area contributed by atoms with Crippen molar-refractivity contribution in [3.63, 3.8) is 0 Å². The molecule has 3 heteroatoms. The monoisotopic (exact) mass is 251 g/mol. The fraction of sp³-hybridized carbons (Fsp3) is 0.500. The highest BCUT2D eigenvalue weighted by Crippen LogP contribution is 2.20. The highest BCUT2D eigenvalue weighted by atomic mass is 35.5. The fourth-order valence-corrected chi connectivity index (χ4v) is 2.62. The predicted octanol–water partition coefficient (Wildman–Crippen LogP) is 3.28. The van der Waals surface area contributed by atoms with Crippen LogP contribution in [0.1, 0.15) is 31.7 Å². The summed E-state index contributed by atoms with van der Waals surface area (Å²) in [6.07, 6.45) is 3.58. The Labute approximate surface area is 108 Å². The smallest absolute Gasteiger partial charge is 0.223 e. The molecule has 2 rings (SSSR count). The van der Waals surface area contributed by atoms with Gasteiger partial charge >= 0.3 is 0 Å². The van der Waals surface area contributed by atoms with Crippen LogP contribution in [-0.2, 0) is 11.2 Å². The van der Waals surface area contributed by atoms with Gasteiger partial charge in [-0.2, -0.15) is 0 Å². The van der Waals surface area contributed by atoms with Gasteiger partial charge in [0.25, 0.3) is 0 Å². The molecule has 0 saturated carbocycles. The standard InChI is InChI=1S/C14H18ClNO/c1-11-5-4-10-16(11)14(17)9-8-12-6-2-3-7-13(12)15/h2-3,6-7,11H,4-5,8-10H2,1H3/t11-/m0/s1. The number of amides is 1. The van der Waals surface area contributed by atoms with Gasteiger partial charge in [0.2, 0.25) is 5.91 Å². The Morgan fingerprint density at radius 2 is 2.24 bits per heavy atom. The minimum absolute atomic E-state index is 0.259. The van der Waals surface area contributed by atoms with E-state index in [1.54, 1.807) is 0 Å². The van der Waals surface area contributed by atoms with E-state index in [2.05, 4.69) is 6.92 Å². The highest BCUT2D eigenvalue weighted by molar-refractivity contribution is 6.31. The van der Waals surface area contributed by atoms with Crippen molar-refractivity contribution in [2.24, 2.45) is 0 Å². The van der Waals surface area contributed by atoms with Crippen LogP contribution in [0.5, 0.6) is 0 Å². The molecule has 0 unspecified atom stereocenters. The number of carbonyl (C=O) groups excluding carboxylic acids is 1. The topological polar surface area (TPSA) is 20.3 Å². The lowest BCUT2D eigenvalue weighted by Gasteiger charge is -2.21. The lowest BCUT2D eigenvalue weighted by atomic mass is 10.1. The van der Waals surface area contributed by atoms with Crippen molar-refractivity contribution in [2.45, 2.75) is 38.6 Å². The van der Waals surface area contributed by atoms with Crippen LogP contribution in [0, 0.1) is 0 Å². The maximum atomic E-state index is 12.0. The molecule has 1 amide bonds. The van der Waals surface area contributed by atoms with E-state index in [0.717, 1.165) is 36.4 Å². The first kappa shape index (κ1) is 12.4.